The van der Waals surface area contributed by atoms with Gasteiger partial charge >= 0.3 is 0 Å². The van der Waals surface area contributed by atoms with E-state index in [1.54, 1.807) is 6.92 Å². The van der Waals surface area contributed by atoms with Crippen molar-refractivity contribution in [2.75, 3.05) is 15.8 Å². The average molecular weight is 375 g/mol. The van der Waals surface area contributed by atoms with Crippen LogP contribution in [0, 0.1) is 17.6 Å². The van der Waals surface area contributed by atoms with E-state index in [-0.39, 0.29) is 29.8 Å². The number of carbonyl (C=O) groups excluding carboxylic acids is 1. The van der Waals surface area contributed by atoms with Crippen LogP contribution in [0.3, 0.4) is 0 Å². The Labute approximate surface area is 146 Å². The molecule has 2 rings (SSSR count). The molecule has 1 aliphatic carbocycles. The zero-order valence-corrected chi connectivity index (χ0v) is 14.8. The number of sulfonamides is 1. The molecule has 0 unspecified atom stereocenters. The van der Waals surface area contributed by atoms with Gasteiger partial charge in [0.1, 0.15) is 11.6 Å². The highest BCUT2D eigenvalue weighted by Gasteiger charge is 2.26. The Morgan fingerprint density at radius 3 is 2.52 bits per heavy atom. The molecule has 2 atom stereocenters. The molecule has 1 saturated carbocycles. The molecule has 1 fully saturated rings. The van der Waals surface area contributed by atoms with E-state index < -0.39 is 33.3 Å². The number of amides is 1. The molecule has 0 saturated heterocycles. The topological polar surface area (TPSA) is 101 Å². The minimum atomic E-state index is -3.73. The van der Waals surface area contributed by atoms with Gasteiger partial charge in [-0.25, -0.2) is 17.2 Å². The first-order valence-corrected chi connectivity index (χ1v) is 9.92. The Kier molecular flexibility index (Phi) is 6.34. The fraction of sp³-hybridized carbons (Fsp3) is 0.562. The van der Waals surface area contributed by atoms with Gasteiger partial charge < -0.3 is 11.1 Å². The summed E-state index contributed by atoms with van der Waals surface area (Å²) in [5, 5.41) is 2.37. The number of rotatable bonds is 7. The van der Waals surface area contributed by atoms with Crippen LogP contribution in [0.1, 0.15) is 39.0 Å². The van der Waals surface area contributed by atoms with E-state index in [1.165, 1.54) is 0 Å². The van der Waals surface area contributed by atoms with Gasteiger partial charge in [0.2, 0.25) is 15.9 Å². The van der Waals surface area contributed by atoms with Crippen LogP contribution in [0.4, 0.5) is 20.2 Å². The summed E-state index contributed by atoms with van der Waals surface area (Å²) < 4.78 is 53.3. The predicted molar refractivity (Wildman–Crippen MR) is 92.6 cm³/mol. The quantitative estimate of drug-likeness (QED) is 0.682. The minimum Gasteiger partial charge on any atom is -0.327 e. The van der Waals surface area contributed by atoms with Crippen LogP contribution >= 0.6 is 0 Å². The third-order valence-electron chi connectivity index (χ3n) is 4.23. The fourth-order valence-corrected chi connectivity index (χ4v) is 4.10. The Balaban J connectivity index is 2.12. The molecule has 0 radical (unpaired) electrons. The number of nitrogens with one attached hydrogen (secondary N) is 2. The van der Waals surface area contributed by atoms with E-state index in [0.29, 0.717) is 12.5 Å². The van der Waals surface area contributed by atoms with Crippen molar-refractivity contribution in [2.24, 2.45) is 11.7 Å². The first-order chi connectivity index (χ1) is 11.7. The minimum absolute atomic E-state index is 0.0334. The monoisotopic (exact) mass is 375 g/mol. The van der Waals surface area contributed by atoms with Crippen molar-refractivity contribution >= 4 is 27.3 Å². The molecule has 9 heteroatoms. The zero-order chi connectivity index (χ0) is 18.6. The molecule has 0 aromatic heterocycles. The summed E-state index contributed by atoms with van der Waals surface area (Å²) in [4.78, 5) is 12.1. The van der Waals surface area contributed by atoms with E-state index >= 15 is 0 Å². The van der Waals surface area contributed by atoms with Gasteiger partial charge in [-0.3, -0.25) is 9.52 Å². The van der Waals surface area contributed by atoms with Gasteiger partial charge in [-0.05, 0) is 31.2 Å². The molecule has 1 aromatic carbocycles. The first kappa shape index (κ1) is 19.6. The lowest BCUT2D eigenvalue weighted by Gasteiger charge is -2.16. The van der Waals surface area contributed by atoms with E-state index in [4.69, 9.17) is 5.73 Å². The lowest BCUT2D eigenvalue weighted by Crippen LogP contribution is -2.28. The predicted octanol–water partition coefficient (Wildman–Crippen LogP) is 2.57. The van der Waals surface area contributed by atoms with Crippen LogP contribution in [0.5, 0.6) is 0 Å². The van der Waals surface area contributed by atoms with Crippen LogP contribution in [0.25, 0.3) is 0 Å². The summed E-state index contributed by atoms with van der Waals surface area (Å²) in [6.07, 6.45) is 3.14. The zero-order valence-electron chi connectivity index (χ0n) is 14.0. The third-order valence-corrected chi connectivity index (χ3v) is 5.71. The van der Waals surface area contributed by atoms with Crippen LogP contribution < -0.4 is 15.8 Å². The van der Waals surface area contributed by atoms with Crippen molar-refractivity contribution in [3.63, 3.8) is 0 Å². The maximum Gasteiger partial charge on any atom is 0.232 e. The largest absolute Gasteiger partial charge is 0.327 e. The van der Waals surface area contributed by atoms with E-state index in [1.807, 2.05) is 0 Å². The van der Waals surface area contributed by atoms with E-state index in [9.17, 15) is 22.0 Å². The number of carbonyl (C=O) groups is 1. The molecule has 1 amide bonds. The molecule has 25 heavy (non-hydrogen) atoms. The molecular formula is C16H23F2N3O3S. The SMILES string of the molecule is CCCS(=O)(=O)Nc1cc(NC(=O)C[C@@H]2CCC[C@H]2N)c(F)cc1F. The van der Waals surface area contributed by atoms with Crippen molar-refractivity contribution < 1.29 is 22.0 Å². The van der Waals surface area contributed by atoms with Gasteiger partial charge in [0.05, 0.1) is 17.1 Å². The highest BCUT2D eigenvalue weighted by atomic mass is 32.2. The average Bonchev–Trinajstić information content (AvgIpc) is 2.89. The van der Waals surface area contributed by atoms with Crippen molar-refractivity contribution in [2.45, 2.75) is 45.1 Å². The summed E-state index contributed by atoms with van der Waals surface area (Å²) in [5.41, 5.74) is 5.24. The highest BCUT2D eigenvalue weighted by Crippen LogP contribution is 2.28. The van der Waals surface area contributed by atoms with Crippen molar-refractivity contribution in [3.8, 4) is 0 Å². The smallest absolute Gasteiger partial charge is 0.232 e. The second-order valence-corrected chi connectivity index (χ2v) is 8.18. The van der Waals surface area contributed by atoms with E-state index in [2.05, 4.69) is 10.0 Å². The number of hydrogen-bond acceptors (Lipinski definition) is 4. The fourth-order valence-electron chi connectivity index (χ4n) is 2.97. The van der Waals surface area contributed by atoms with Crippen LogP contribution in [0.15, 0.2) is 12.1 Å². The molecule has 140 valence electrons. The molecule has 6 nitrogen and oxygen atoms in total. The molecule has 1 aliphatic rings. The molecule has 0 spiro atoms. The number of nitrogens with two attached hydrogens (primary N) is 1. The Hall–Kier alpha value is -1.74. The summed E-state index contributed by atoms with van der Waals surface area (Å²) in [6.45, 7) is 1.67. The maximum absolute atomic E-state index is 13.9. The normalized spacial score (nSPS) is 20.5. The second-order valence-electron chi connectivity index (χ2n) is 6.34. The molecule has 0 bridgehead atoms. The molecule has 0 heterocycles. The van der Waals surface area contributed by atoms with Crippen LogP contribution in [-0.2, 0) is 14.8 Å². The van der Waals surface area contributed by atoms with Crippen molar-refractivity contribution in [1.82, 2.24) is 0 Å². The molecule has 0 aliphatic heterocycles. The Morgan fingerprint density at radius 2 is 1.92 bits per heavy atom. The summed E-state index contributed by atoms with van der Waals surface area (Å²) in [7, 11) is -3.73. The third kappa shape index (κ3) is 5.37. The molecular weight excluding hydrogens is 352 g/mol. The van der Waals surface area contributed by atoms with Gasteiger partial charge in [-0.2, -0.15) is 0 Å². The van der Waals surface area contributed by atoms with Crippen LogP contribution in [-0.4, -0.2) is 26.1 Å². The first-order valence-electron chi connectivity index (χ1n) is 8.26. The number of hydrogen-bond donors (Lipinski definition) is 3. The summed E-state index contributed by atoms with van der Waals surface area (Å²) in [6, 6.07) is 1.44. The summed E-state index contributed by atoms with van der Waals surface area (Å²) >= 11 is 0. The van der Waals surface area contributed by atoms with Crippen LogP contribution in [0.2, 0.25) is 0 Å². The lowest BCUT2D eigenvalue weighted by molar-refractivity contribution is -0.117. The van der Waals surface area contributed by atoms with E-state index in [0.717, 1.165) is 25.3 Å². The number of anilines is 2. The van der Waals surface area contributed by atoms with Crippen molar-refractivity contribution in [3.05, 3.63) is 23.8 Å². The summed E-state index contributed by atoms with van der Waals surface area (Å²) in [5.74, 6) is -2.61. The van der Waals surface area contributed by atoms with Gasteiger partial charge in [0, 0.05) is 18.5 Å². The lowest BCUT2D eigenvalue weighted by atomic mass is 10.00. The van der Waals surface area contributed by atoms with Gasteiger partial charge in [0.15, 0.2) is 0 Å². The number of halogens is 2. The Morgan fingerprint density at radius 1 is 1.24 bits per heavy atom. The molecule has 4 N–H and O–H groups in total. The number of benzene rings is 1. The second kappa shape index (κ2) is 8.09. The van der Waals surface area contributed by atoms with Gasteiger partial charge in [-0.1, -0.05) is 13.3 Å². The Bertz CT molecular complexity index is 740. The van der Waals surface area contributed by atoms with Gasteiger partial charge in [-0.15, -0.1) is 0 Å². The highest BCUT2D eigenvalue weighted by molar-refractivity contribution is 7.92. The van der Waals surface area contributed by atoms with Crippen molar-refractivity contribution in [1.29, 1.82) is 0 Å². The molecule has 1 aromatic rings. The van der Waals surface area contributed by atoms with Gasteiger partial charge in [0.25, 0.3) is 0 Å². The standard InChI is InChI=1S/C16H23F2N3O3S/c1-2-6-25(23,24)21-15-9-14(11(17)8-12(15)18)20-16(22)7-10-4-3-5-13(10)19/h8-10,13,21H,2-7,19H2,1H3,(H,20,22)/t10-,13+/m0/s1. The maximum atomic E-state index is 13.9.